The minimum atomic E-state index is -0.792. The molecule has 0 saturated heterocycles. The summed E-state index contributed by atoms with van der Waals surface area (Å²) in [7, 11) is 0. The van der Waals surface area contributed by atoms with Gasteiger partial charge in [-0.05, 0) is 128 Å². The van der Waals surface area contributed by atoms with Gasteiger partial charge in [0, 0.05) is 19.3 Å². The van der Waals surface area contributed by atoms with Crippen LogP contribution in [0.15, 0.2) is 122 Å². The molecule has 0 heterocycles. The van der Waals surface area contributed by atoms with Crippen LogP contribution in [0, 0.1) is 0 Å². The first-order chi connectivity index (χ1) is 40.0. The van der Waals surface area contributed by atoms with Crippen molar-refractivity contribution >= 4 is 17.9 Å². The highest BCUT2D eigenvalue weighted by atomic mass is 16.6. The second-order valence-electron chi connectivity index (χ2n) is 22.3. The fourth-order valence-corrected chi connectivity index (χ4v) is 9.40. The maximum atomic E-state index is 12.9. The van der Waals surface area contributed by atoms with Gasteiger partial charge in [0.05, 0.1) is 0 Å². The van der Waals surface area contributed by atoms with E-state index >= 15 is 0 Å². The lowest BCUT2D eigenvalue weighted by molar-refractivity contribution is -0.167. The number of allylic oxidation sites excluding steroid dienone is 20. The van der Waals surface area contributed by atoms with Gasteiger partial charge < -0.3 is 14.2 Å². The summed E-state index contributed by atoms with van der Waals surface area (Å²) in [6, 6.07) is 0. The smallest absolute Gasteiger partial charge is 0.306 e. The molecular weight excluding hydrogens is 997 g/mol. The minimum Gasteiger partial charge on any atom is -0.462 e. The van der Waals surface area contributed by atoms with E-state index in [1.54, 1.807) is 0 Å². The predicted molar refractivity (Wildman–Crippen MR) is 353 cm³/mol. The van der Waals surface area contributed by atoms with Crippen molar-refractivity contribution in [1.82, 2.24) is 0 Å². The molecular formula is C75H126O6. The van der Waals surface area contributed by atoms with E-state index in [-0.39, 0.29) is 31.1 Å². The quantitative estimate of drug-likeness (QED) is 0.0261. The minimum absolute atomic E-state index is 0.0860. The molecule has 0 bridgehead atoms. The molecule has 0 amide bonds. The Morgan fingerprint density at radius 3 is 0.765 bits per heavy atom. The molecule has 81 heavy (non-hydrogen) atoms. The van der Waals surface area contributed by atoms with Gasteiger partial charge in [-0.1, -0.05) is 290 Å². The van der Waals surface area contributed by atoms with Crippen LogP contribution in [0.5, 0.6) is 0 Å². The summed E-state index contributed by atoms with van der Waals surface area (Å²) in [5.74, 6) is -0.898. The average molecular weight is 1120 g/mol. The molecule has 0 aliphatic heterocycles. The monoisotopic (exact) mass is 1120 g/mol. The number of ether oxygens (including phenoxy) is 3. The molecule has 0 saturated carbocycles. The maximum Gasteiger partial charge on any atom is 0.306 e. The van der Waals surface area contributed by atoms with E-state index < -0.39 is 6.10 Å². The highest BCUT2D eigenvalue weighted by molar-refractivity contribution is 5.71. The lowest BCUT2D eigenvalue weighted by Gasteiger charge is -2.18. The zero-order valence-corrected chi connectivity index (χ0v) is 53.0. The second kappa shape index (κ2) is 68.3. The van der Waals surface area contributed by atoms with Crippen LogP contribution < -0.4 is 0 Å². The number of hydrogen-bond acceptors (Lipinski definition) is 6. The molecule has 0 N–H and O–H groups in total. The van der Waals surface area contributed by atoms with Gasteiger partial charge in [-0.25, -0.2) is 0 Å². The topological polar surface area (TPSA) is 78.9 Å². The average Bonchev–Trinajstić information content (AvgIpc) is 3.46. The number of hydrogen-bond donors (Lipinski definition) is 0. The Bertz CT molecular complexity index is 1670. The molecule has 0 fully saturated rings. The summed E-state index contributed by atoms with van der Waals surface area (Å²) in [6.45, 7) is 6.41. The third-order valence-electron chi connectivity index (χ3n) is 14.4. The number of esters is 3. The van der Waals surface area contributed by atoms with Crippen molar-refractivity contribution in [1.29, 1.82) is 0 Å². The molecule has 0 spiro atoms. The van der Waals surface area contributed by atoms with Crippen LogP contribution in [0.4, 0.5) is 0 Å². The molecule has 0 aromatic rings. The van der Waals surface area contributed by atoms with Crippen molar-refractivity contribution in [2.45, 2.75) is 322 Å². The summed E-state index contributed by atoms with van der Waals surface area (Å²) in [5, 5.41) is 0. The number of carbonyl (C=O) groups is 3. The van der Waals surface area contributed by atoms with Crippen LogP contribution in [0.3, 0.4) is 0 Å². The molecule has 6 heteroatoms. The number of unbranched alkanes of at least 4 members (excludes halogenated alkanes) is 30. The van der Waals surface area contributed by atoms with Crippen LogP contribution in [-0.2, 0) is 28.6 Å². The van der Waals surface area contributed by atoms with Gasteiger partial charge in [-0.2, -0.15) is 0 Å². The lowest BCUT2D eigenvalue weighted by atomic mass is 10.0. The summed E-state index contributed by atoms with van der Waals surface area (Å²) in [6.07, 6.45) is 95.0. The Morgan fingerprint density at radius 1 is 0.259 bits per heavy atom. The normalized spacial score (nSPS) is 12.9. The van der Waals surface area contributed by atoms with Crippen molar-refractivity contribution in [3.8, 4) is 0 Å². The van der Waals surface area contributed by atoms with E-state index in [1.165, 1.54) is 148 Å². The Balaban J connectivity index is 4.32. The zero-order valence-electron chi connectivity index (χ0n) is 53.0. The molecule has 0 aromatic carbocycles. The largest absolute Gasteiger partial charge is 0.462 e. The third-order valence-corrected chi connectivity index (χ3v) is 14.4. The van der Waals surface area contributed by atoms with Crippen LogP contribution in [0.2, 0.25) is 0 Å². The summed E-state index contributed by atoms with van der Waals surface area (Å²) < 4.78 is 17.0. The first-order valence-electron chi connectivity index (χ1n) is 34.0. The van der Waals surface area contributed by atoms with Gasteiger partial charge in [0.25, 0.3) is 0 Å². The molecule has 0 aliphatic rings. The zero-order chi connectivity index (χ0) is 58.5. The van der Waals surface area contributed by atoms with Crippen molar-refractivity contribution in [3.05, 3.63) is 122 Å². The summed E-state index contributed by atoms with van der Waals surface area (Å²) in [4.78, 5) is 38.4. The van der Waals surface area contributed by atoms with Gasteiger partial charge in [-0.15, -0.1) is 0 Å². The van der Waals surface area contributed by atoms with E-state index in [4.69, 9.17) is 14.2 Å². The Morgan fingerprint density at radius 2 is 0.481 bits per heavy atom. The lowest BCUT2D eigenvalue weighted by Crippen LogP contribution is -2.30. The van der Waals surface area contributed by atoms with Crippen LogP contribution >= 0.6 is 0 Å². The number of carbonyl (C=O) groups excluding carboxylic acids is 3. The molecule has 0 aliphatic carbocycles. The maximum absolute atomic E-state index is 12.9. The molecule has 1 unspecified atom stereocenters. The van der Waals surface area contributed by atoms with Gasteiger partial charge in [0.1, 0.15) is 13.2 Å². The first kappa shape index (κ1) is 76.8. The second-order valence-corrected chi connectivity index (χ2v) is 22.3. The molecule has 462 valence electrons. The third kappa shape index (κ3) is 66.5. The first-order valence-corrected chi connectivity index (χ1v) is 34.0. The molecule has 0 aromatic heterocycles. The van der Waals surface area contributed by atoms with E-state index in [1.807, 2.05) is 0 Å². The Labute approximate surface area is 501 Å². The van der Waals surface area contributed by atoms with Crippen LogP contribution in [-0.4, -0.2) is 37.2 Å². The van der Waals surface area contributed by atoms with Crippen molar-refractivity contribution in [3.63, 3.8) is 0 Å². The highest BCUT2D eigenvalue weighted by Gasteiger charge is 2.19. The standard InChI is InChI=1S/C75H126O6/c1-4-7-10-13-16-19-22-25-27-29-31-33-35-36-37-38-40-41-43-45-47-50-53-56-59-62-65-68-74(77)80-71-72(70-79-73(76)67-64-61-58-55-52-49-24-21-18-15-12-9-6-3)81-75(78)69-66-63-60-57-54-51-48-46-44-42-39-34-32-30-28-26-23-20-17-14-11-8-5-2/h7-8,10-11,16-17,19-21,24-28,31-34,42,44,72H,4-6,9,12-15,18,22-23,29-30,35-41,43,45-71H2,1-3H3/b10-7-,11-8-,19-16-,20-17-,24-21-,27-25-,28-26-,33-31-,34-32-,44-42-. The molecule has 6 nitrogen and oxygen atoms in total. The molecule has 1 atom stereocenters. The SMILES string of the molecule is CC/C=C\C/C=C\C/C=C\C/C=C\C/C=C\CCCCCCCCCC(=O)OC(COC(=O)CCCCCCC/C=C\CCCCCC)COC(=O)CCCCCCCCCCCCCCCC/C=C\C/C=C\C/C=C\C/C=C\CC. The molecule has 0 radical (unpaired) electrons. The summed E-state index contributed by atoms with van der Waals surface area (Å²) in [5.41, 5.74) is 0. The Kier molecular flexibility index (Phi) is 64.8. The van der Waals surface area contributed by atoms with Gasteiger partial charge in [0.2, 0.25) is 0 Å². The van der Waals surface area contributed by atoms with E-state index in [0.29, 0.717) is 19.3 Å². The van der Waals surface area contributed by atoms with E-state index in [9.17, 15) is 14.4 Å². The number of rotatable bonds is 61. The fourth-order valence-electron chi connectivity index (χ4n) is 9.40. The van der Waals surface area contributed by atoms with E-state index in [0.717, 1.165) is 128 Å². The fraction of sp³-hybridized carbons (Fsp3) is 0.693. The molecule has 0 rings (SSSR count). The van der Waals surface area contributed by atoms with Gasteiger partial charge >= 0.3 is 17.9 Å². The van der Waals surface area contributed by atoms with Gasteiger partial charge in [-0.3, -0.25) is 14.4 Å². The predicted octanol–water partition coefficient (Wildman–Crippen LogP) is 23.6. The van der Waals surface area contributed by atoms with Crippen LogP contribution in [0.1, 0.15) is 316 Å². The van der Waals surface area contributed by atoms with E-state index in [2.05, 4.69) is 142 Å². The summed E-state index contributed by atoms with van der Waals surface area (Å²) >= 11 is 0. The van der Waals surface area contributed by atoms with Crippen molar-refractivity contribution in [2.75, 3.05) is 13.2 Å². The van der Waals surface area contributed by atoms with Crippen molar-refractivity contribution < 1.29 is 28.6 Å². The van der Waals surface area contributed by atoms with Gasteiger partial charge in [0.15, 0.2) is 6.10 Å². The van der Waals surface area contributed by atoms with Crippen LogP contribution in [0.25, 0.3) is 0 Å². The highest BCUT2D eigenvalue weighted by Crippen LogP contribution is 2.16. The Hall–Kier alpha value is -4.19. The van der Waals surface area contributed by atoms with Crippen molar-refractivity contribution in [2.24, 2.45) is 0 Å².